The van der Waals surface area contributed by atoms with Crippen molar-refractivity contribution in [1.82, 2.24) is 0 Å². The minimum Gasteiger partial charge on any atom is -0.549 e. The predicted octanol–water partition coefficient (Wildman–Crippen LogP) is 8.30. The summed E-state index contributed by atoms with van der Waals surface area (Å²) in [6.07, 6.45) is 22.1. The van der Waals surface area contributed by atoms with E-state index in [0.29, 0.717) is 0 Å². The average Bonchev–Trinajstić information content (AvgIpc) is 3.04. The van der Waals surface area contributed by atoms with E-state index in [0.717, 1.165) is 0 Å². The molecule has 0 amide bonds. The number of hydrogen-bond acceptors (Lipinski definition) is 4. The Kier molecular flexibility index (Phi) is 33.7. The fraction of sp³-hybridized carbons (Fsp3) is 0.949. The molecule has 45 heavy (non-hydrogen) atoms. The summed E-state index contributed by atoms with van der Waals surface area (Å²) in [7, 11) is 0. The van der Waals surface area contributed by atoms with Gasteiger partial charge in [-0.2, -0.15) is 0 Å². The Morgan fingerprint density at radius 2 is 0.533 bits per heavy atom. The molecule has 0 aliphatic carbocycles. The fourth-order valence-corrected chi connectivity index (χ4v) is 6.20. The van der Waals surface area contributed by atoms with Gasteiger partial charge in [-0.25, -0.2) is 0 Å². The molecule has 0 rings (SSSR count). The molecule has 0 radical (unpaired) electrons. The Morgan fingerprint density at radius 3 is 0.600 bits per heavy atom. The van der Waals surface area contributed by atoms with Crippen LogP contribution in [0.15, 0.2) is 0 Å². The quantitative estimate of drug-likeness (QED) is 0.0635. The van der Waals surface area contributed by atoms with Crippen LogP contribution in [0.25, 0.3) is 0 Å². The first-order valence-electron chi connectivity index (χ1n) is 19.6. The first-order chi connectivity index (χ1) is 21.5. The van der Waals surface area contributed by atoms with Gasteiger partial charge in [0.1, 0.15) is 0 Å². The molecule has 6 nitrogen and oxygen atoms in total. The van der Waals surface area contributed by atoms with Crippen molar-refractivity contribution in [3.8, 4) is 0 Å². The zero-order valence-corrected chi connectivity index (χ0v) is 32.4. The van der Waals surface area contributed by atoms with E-state index in [4.69, 9.17) is 0 Å². The zero-order chi connectivity index (χ0) is 35.0. The number of carbonyl (C=O) groups is 2. The highest BCUT2D eigenvalue weighted by molar-refractivity contribution is 5.95. The van der Waals surface area contributed by atoms with Crippen molar-refractivity contribution in [3.63, 3.8) is 0 Å². The maximum Gasteiger partial charge on any atom is 0.0786 e. The first kappa shape index (κ1) is 48.3. The van der Waals surface area contributed by atoms with Gasteiger partial charge in [0.05, 0.1) is 64.3 Å². The summed E-state index contributed by atoms with van der Waals surface area (Å²) in [4.78, 5) is 20.8. The number of carboxylic acids is 2. The Balaban J connectivity index is -0.000000604. The third-order valence-electron chi connectivity index (χ3n) is 9.88. The molecule has 0 fully saturated rings. The summed E-state index contributed by atoms with van der Waals surface area (Å²) in [5, 5.41) is 20.8. The van der Waals surface area contributed by atoms with Crippen molar-refractivity contribution < 1.29 is 28.8 Å². The maximum absolute atomic E-state index is 10.4. The molecule has 0 atom stereocenters. The summed E-state index contributed by atoms with van der Waals surface area (Å²) >= 11 is 0. The molecular formula is C39H82N2O4. The topological polar surface area (TPSA) is 80.3 Å². The molecule has 6 heteroatoms. The number of unbranched alkanes of at least 4 members (excludes halogenated alkanes) is 8. The molecule has 0 heterocycles. The molecule has 0 unspecified atom stereocenters. The van der Waals surface area contributed by atoms with Crippen LogP contribution in [0.3, 0.4) is 0 Å². The van der Waals surface area contributed by atoms with Crippen molar-refractivity contribution in [2.24, 2.45) is 5.41 Å². The number of carboxylic acid groups (broad SMARTS) is 2. The second kappa shape index (κ2) is 31.5. The first-order valence-corrected chi connectivity index (χ1v) is 19.6. The van der Waals surface area contributed by atoms with Crippen LogP contribution in [-0.4, -0.2) is 73.3 Å². The van der Waals surface area contributed by atoms with Crippen LogP contribution in [-0.2, 0) is 9.59 Å². The lowest BCUT2D eigenvalue weighted by molar-refractivity contribution is -0.929. The van der Waals surface area contributed by atoms with Crippen LogP contribution in [0, 0.1) is 5.41 Å². The summed E-state index contributed by atoms with van der Waals surface area (Å²) < 4.78 is 2.84. The number of rotatable bonds is 28. The van der Waals surface area contributed by atoms with Crippen LogP contribution in [0.4, 0.5) is 0 Å². The van der Waals surface area contributed by atoms with Crippen LogP contribution in [0.5, 0.6) is 0 Å². The second-order valence-corrected chi connectivity index (χ2v) is 13.7. The third kappa shape index (κ3) is 22.1. The minimum atomic E-state index is -1.81. The van der Waals surface area contributed by atoms with Gasteiger partial charge in [-0.15, -0.1) is 0 Å². The number of hydrogen-bond donors (Lipinski definition) is 0. The Morgan fingerprint density at radius 1 is 0.378 bits per heavy atom. The lowest BCUT2D eigenvalue weighted by Crippen LogP contribution is -2.53. The number of quaternary nitrogens is 2. The van der Waals surface area contributed by atoms with Gasteiger partial charge in [-0.3, -0.25) is 0 Å². The SMILES string of the molecule is CCC(CC)(C(=O)[O-])C(=O)[O-].CCCC[N+](CCCC)(CCCC)CCCC.CCCC[N+](CCCC)(CCCC)CCCC. The molecule has 0 saturated carbocycles. The summed E-state index contributed by atoms with van der Waals surface area (Å²) in [6.45, 7) is 33.0. The van der Waals surface area contributed by atoms with Crippen LogP contribution < -0.4 is 10.2 Å². The molecule has 0 saturated heterocycles. The van der Waals surface area contributed by atoms with Crippen molar-refractivity contribution in [3.05, 3.63) is 0 Å². The fourth-order valence-electron chi connectivity index (χ4n) is 6.20. The highest BCUT2D eigenvalue weighted by Gasteiger charge is 2.29. The van der Waals surface area contributed by atoms with Gasteiger partial charge in [0.15, 0.2) is 0 Å². The van der Waals surface area contributed by atoms with E-state index in [1.165, 1.54) is 178 Å². The van der Waals surface area contributed by atoms with Gasteiger partial charge >= 0.3 is 0 Å². The van der Waals surface area contributed by atoms with E-state index in [9.17, 15) is 19.8 Å². The highest BCUT2D eigenvalue weighted by atomic mass is 16.4. The van der Waals surface area contributed by atoms with Crippen molar-refractivity contribution in [2.75, 3.05) is 52.4 Å². The molecule has 0 aliphatic heterocycles. The van der Waals surface area contributed by atoms with E-state index in [1.54, 1.807) is 0 Å². The van der Waals surface area contributed by atoms with Crippen molar-refractivity contribution >= 4 is 11.9 Å². The zero-order valence-electron chi connectivity index (χ0n) is 32.4. The molecule has 0 spiro atoms. The minimum absolute atomic E-state index is 0.00579. The van der Waals surface area contributed by atoms with Gasteiger partial charge in [-0.05, 0) is 64.2 Å². The molecule has 0 aromatic carbocycles. The number of carbonyl (C=O) groups excluding carboxylic acids is 2. The highest BCUT2D eigenvalue weighted by Crippen LogP contribution is 2.24. The van der Waals surface area contributed by atoms with Crippen molar-refractivity contribution in [2.45, 2.75) is 185 Å². The Hall–Kier alpha value is -1.14. The molecule has 0 bridgehead atoms. The number of aliphatic carboxylic acids is 2. The molecule has 0 aromatic rings. The van der Waals surface area contributed by atoms with Crippen LogP contribution in [0.1, 0.15) is 185 Å². The molecule has 0 N–H and O–H groups in total. The molecule has 0 aliphatic rings. The monoisotopic (exact) mass is 643 g/mol. The standard InChI is InChI=1S/2C16H36N.C7H12O4/c2*1-5-9-13-17(14-10-6-2,15-11-7-3)16-12-8-4;1-3-7(4-2,5(8)9)6(10)11/h2*5-16H2,1-4H3;3-4H2,1-2H3,(H,8,9)(H,10,11)/q2*+1;/p-2. The second-order valence-electron chi connectivity index (χ2n) is 13.7. The van der Waals surface area contributed by atoms with E-state index < -0.39 is 17.4 Å². The lowest BCUT2D eigenvalue weighted by Gasteiger charge is -2.39. The van der Waals surface area contributed by atoms with E-state index in [1.807, 2.05) is 0 Å². The number of nitrogens with zero attached hydrogens (tertiary/aromatic N) is 2. The smallest absolute Gasteiger partial charge is 0.0786 e. The summed E-state index contributed by atoms with van der Waals surface area (Å²) in [5.74, 6) is -3.13. The van der Waals surface area contributed by atoms with Gasteiger partial charge < -0.3 is 28.8 Å². The van der Waals surface area contributed by atoms with Gasteiger partial charge in [-0.1, -0.05) is 121 Å². The van der Waals surface area contributed by atoms with E-state index in [-0.39, 0.29) is 12.8 Å². The predicted molar refractivity (Wildman–Crippen MR) is 192 cm³/mol. The van der Waals surface area contributed by atoms with Crippen LogP contribution in [0.2, 0.25) is 0 Å². The molecular weight excluding hydrogens is 560 g/mol. The van der Waals surface area contributed by atoms with Gasteiger partial charge in [0.25, 0.3) is 0 Å². The lowest BCUT2D eigenvalue weighted by atomic mass is 9.83. The third-order valence-corrected chi connectivity index (χ3v) is 9.88. The van der Waals surface area contributed by atoms with Crippen LogP contribution >= 0.6 is 0 Å². The van der Waals surface area contributed by atoms with E-state index in [2.05, 4.69) is 55.4 Å². The summed E-state index contributed by atoms with van der Waals surface area (Å²) in [5.41, 5.74) is -1.81. The average molecular weight is 643 g/mol. The van der Waals surface area contributed by atoms with Gasteiger partial charge in [0, 0.05) is 5.41 Å². The summed E-state index contributed by atoms with van der Waals surface area (Å²) in [6, 6.07) is 0. The maximum atomic E-state index is 10.4. The largest absolute Gasteiger partial charge is 0.549 e. The Bertz CT molecular complexity index is 536. The molecule has 0 aromatic heterocycles. The van der Waals surface area contributed by atoms with Crippen molar-refractivity contribution in [1.29, 1.82) is 0 Å². The van der Waals surface area contributed by atoms with Gasteiger partial charge in [0.2, 0.25) is 0 Å². The molecule has 272 valence electrons. The van der Waals surface area contributed by atoms with E-state index >= 15 is 0 Å². The Labute approximate surface area is 282 Å². The normalized spacial score (nSPS) is 11.8.